The molecule has 3 nitrogen and oxygen atoms in total. The fourth-order valence-electron chi connectivity index (χ4n) is 5.23. The van der Waals surface area contributed by atoms with Crippen LogP contribution in [0.1, 0.15) is 34.1 Å². The van der Waals surface area contributed by atoms with Crippen molar-refractivity contribution < 1.29 is 9.31 Å². The van der Waals surface area contributed by atoms with E-state index in [1.165, 1.54) is 32.6 Å². The molecule has 1 aromatic heterocycles. The molecule has 33 heavy (non-hydrogen) atoms. The smallest absolute Gasteiger partial charge is 0.399 e. The molecule has 1 saturated heterocycles. The third-order valence-corrected chi connectivity index (χ3v) is 7.68. The third kappa shape index (κ3) is 2.98. The molecule has 0 amide bonds. The Kier molecular flexibility index (Phi) is 4.49. The first kappa shape index (κ1) is 20.5. The second kappa shape index (κ2) is 7.21. The van der Waals surface area contributed by atoms with Crippen LogP contribution in [0.3, 0.4) is 0 Å². The number of aromatic nitrogens is 1. The molecular weight excluding hydrogens is 405 g/mol. The van der Waals surface area contributed by atoms with Crippen molar-refractivity contribution in [3.8, 4) is 5.69 Å². The number of para-hydroxylation sites is 1. The number of fused-ring (bicyclic) bond motifs is 5. The van der Waals surface area contributed by atoms with E-state index in [9.17, 15) is 0 Å². The molecule has 0 radical (unpaired) electrons. The molecule has 4 aromatic carbocycles. The Morgan fingerprint density at radius 1 is 0.758 bits per heavy atom. The van der Waals surface area contributed by atoms with Crippen molar-refractivity contribution in [3.05, 3.63) is 84.9 Å². The summed E-state index contributed by atoms with van der Waals surface area (Å²) in [6.45, 7) is 8.57. The second-order valence-corrected chi connectivity index (χ2v) is 9.79. The third-order valence-electron chi connectivity index (χ3n) is 7.68. The summed E-state index contributed by atoms with van der Waals surface area (Å²) in [4.78, 5) is 0. The molecule has 2 heterocycles. The monoisotopic (exact) mass is 433 g/mol. The van der Waals surface area contributed by atoms with E-state index in [0.717, 1.165) is 17.6 Å². The largest absolute Gasteiger partial charge is 0.494 e. The van der Waals surface area contributed by atoms with Crippen molar-refractivity contribution >= 4 is 45.2 Å². The summed E-state index contributed by atoms with van der Waals surface area (Å²) in [5.41, 5.74) is 3.92. The van der Waals surface area contributed by atoms with Gasteiger partial charge in [-0.1, -0.05) is 73.7 Å². The first-order valence-electron chi connectivity index (χ1n) is 11.8. The molecular formula is C29H28BNO2. The van der Waals surface area contributed by atoms with E-state index in [2.05, 4.69) is 117 Å². The SMILES string of the molecule is CCC1(C)OB(c2ccc3c4ccc5ccccc5c4n(-c4ccccc4)c3c2)OC1(C)C. The quantitative estimate of drug-likeness (QED) is 0.298. The van der Waals surface area contributed by atoms with E-state index in [0.29, 0.717) is 0 Å². The number of hydrogen-bond acceptors (Lipinski definition) is 2. The summed E-state index contributed by atoms with van der Waals surface area (Å²) in [6, 6.07) is 30.3. The molecule has 1 fully saturated rings. The van der Waals surface area contributed by atoms with Crippen molar-refractivity contribution in [2.24, 2.45) is 0 Å². The van der Waals surface area contributed by atoms with E-state index in [4.69, 9.17) is 9.31 Å². The first-order valence-corrected chi connectivity index (χ1v) is 11.8. The van der Waals surface area contributed by atoms with E-state index in [1.807, 2.05) is 0 Å². The fourth-order valence-corrected chi connectivity index (χ4v) is 5.23. The van der Waals surface area contributed by atoms with Gasteiger partial charge in [0.05, 0.1) is 22.2 Å². The lowest BCUT2D eigenvalue weighted by atomic mass is 9.78. The lowest BCUT2D eigenvalue weighted by molar-refractivity contribution is -0.0118. The van der Waals surface area contributed by atoms with E-state index in [-0.39, 0.29) is 18.3 Å². The molecule has 1 aliphatic rings. The zero-order valence-electron chi connectivity index (χ0n) is 19.6. The molecule has 1 aliphatic heterocycles. The van der Waals surface area contributed by atoms with Gasteiger partial charge in [0, 0.05) is 21.8 Å². The minimum Gasteiger partial charge on any atom is -0.399 e. The van der Waals surface area contributed by atoms with Crippen molar-refractivity contribution in [2.75, 3.05) is 0 Å². The Morgan fingerprint density at radius 2 is 1.48 bits per heavy atom. The predicted molar refractivity (Wildman–Crippen MR) is 139 cm³/mol. The van der Waals surface area contributed by atoms with Gasteiger partial charge in [-0.3, -0.25) is 0 Å². The maximum absolute atomic E-state index is 6.51. The van der Waals surface area contributed by atoms with Gasteiger partial charge in [-0.15, -0.1) is 0 Å². The summed E-state index contributed by atoms with van der Waals surface area (Å²) >= 11 is 0. The number of hydrogen-bond donors (Lipinski definition) is 0. The predicted octanol–water partition coefficient (Wildman–Crippen LogP) is 6.63. The van der Waals surface area contributed by atoms with E-state index < -0.39 is 0 Å². The maximum Gasteiger partial charge on any atom is 0.494 e. The molecule has 6 rings (SSSR count). The van der Waals surface area contributed by atoms with Crippen LogP contribution in [-0.2, 0) is 9.31 Å². The molecule has 0 saturated carbocycles. The minimum atomic E-state index is -0.381. The Hall–Kier alpha value is -3.08. The van der Waals surface area contributed by atoms with Gasteiger partial charge in [0.1, 0.15) is 0 Å². The van der Waals surface area contributed by atoms with E-state index in [1.54, 1.807) is 0 Å². The maximum atomic E-state index is 6.51. The van der Waals surface area contributed by atoms with Crippen molar-refractivity contribution in [1.82, 2.24) is 4.57 Å². The van der Waals surface area contributed by atoms with Gasteiger partial charge >= 0.3 is 7.12 Å². The van der Waals surface area contributed by atoms with Crippen LogP contribution in [0, 0.1) is 0 Å². The van der Waals surface area contributed by atoms with Gasteiger partial charge in [0.25, 0.3) is 0 Å². The molecule has 164 valence electrons. The van der Waals surface area contributed by atoms with Gasteiger partial charge in [-0.25, -0.2) is 0 Å². The molecule has 0 spiro atoms. The highest BCUT2D eigenvalue weighted by Gasteiger charge is 2.53. The van der Waals surface area contributed by atoms with Gasteiger partial charge < -0.3 is 13.9 Å². The van der Waals surface area contributed by atoms with Crippen LogP contribution in [0.2, 0.25) is 0 Å². The molecule has 5 aromatic rings. The van der Waals surface area contributed by atoms with Crippen LogP contribution < -0.4 is 5.46 Å². The van der Waals surface area contributed by atoms with Crippen LogP contribution in [0.5, 0.6) is 0 Å². The molecule has 0 bridgehead atoms. The first-order chi connectivity index (χ1) is 15.9. The number of nitrogens with zero attached hydrogens (tertiary/aromatic N) is 1. The molecule has 0 N–H and O–H groups in total. The molecule has 1 atom stereocenters. The van der Waals surface area contributed by atoms with Crippen molar-refractivity contribution in [1.29, 1.82) is 0 Å². The Balaban J connectivity index is 1.64. The zero-order chi connectivity index (χ0) is 22.8. The topological polar surface area (TPSA) is 23.4 Å². The second-order valence-electron chi connectivity index (χ2n) is 9.79. The Morgan fingerprint density at radius 3 is 2.24 bits per heavy atom. The standard InChI is InChI=1S/C29H28BNO2/c1-5-29(4)28(2,3)32-30(33-29)21-16-18-24-25-17-15-20-11-9-10-14-23(20)27(25)31(26(24)19-21)22-12-7-6-8-13-22/h6-19H,5H2,1-4H3. The Labute approximate surface area is 195 Å². The lowest BCUT2D eigenvalue weighted by Crippen LogP contribution is -2.44. The molecule has 0 aliphatic carbocycles. The average Bonchev–Trinajstić information content (AvgIpc) is 3.30. The summed E-state index contributed by atoms with van der Waals surface area (Å²) in [6.07, 6.45) is 0.898. The summed E-state index contributed by atoms with van der Waals surface area (Å²) in [5, 5.41) is 4.99. The highest BCUT2D eigenvalue weighted by atomic mass is 16.7. The van der Waals surface area contributed by atoms with Gasteiger partial charge in [0.2, 0.25) is 0 Å². The molecule has 1 unspecified atom stereocenters. The van der Waals surface area contributed by atoms with Crippen molar-refractivity contribution in [2.45, 2.75) is 45.3 Å². The molecule has 4 heteroatoms. The summed E-state index contributed by atoms with van der Waals surface area (Å²) in [5.74, 6) is 0. The van der Waals surface area contributed by atoms with Crippen molar-refractivity contribution in [3.63, 3.8) is 0 Å². The van der Waals surface area contributed by atoms with E-state index >= 15 is 0 Å². The highest BCUT2D eigenvalue weighted by Crippen LogP contribution is 2.40. The van der Waals surface area contributed by atoms with Gasteiger partial charge in [-0.05, 0) is 56.2 Å². The minimum absolute atomic E-state index is 0.324. The number of benzene rings is 4. The summed E-state index contributed by atoms with van der Waals surface area (Å²) < 4.78 is 15.3. The lowest BCUT2D eigenvalue weighted by Gasteiger charge is -2.35. The highest BCUT2D eigenvalue weighted by molar-refractivity contribution is 6.62. The van der Waals surface area contributed by atoms with Crippen LogP contribution >= 0.6 is 0 Å². The zero-order valence-corrected chi connectivity index (χ0v) is 19.6. The normalized spacial score (nSPS) is 20.3. The van der Waals surface area contributed by atoms with Gasteiger partial charge in [0.15, 0.2) is 0 Å². The average molecular weight is 433 g/mol. The van der Waals surface area contributed by atoms with Crippen LogP contribution in [-0.4, -0.2) is 22.9 Å². The van der Waals surface area contributed by atoms with Crippen LogP contribution in [0.25, 0.3) is 38.3 Å². The van der Waals surface area contributed by atoms with Crippen LogP contribution in [0.4, 0.5) is 0 Å². The fraction of sp³-hybridized carbons (Fsp3) is 0.241. The summed E-state index contributed by atoms with van der Waals surface area (Å²) in [7, 11) is -0.381. The number of rotatable bonds is 3. The Bertz CT molecular complexity index is 1500. The van der Waals surface area contributed by atoms with Crippen LogP contribution in [0.15, 0.2) is 84.9 Å². The van der Waals surface area contributed by atoms with Gasteiger partial charge in [-0.2, -0.15) is 0 Å².